The van der Waals surface area contributed by atoms with Crippen LogP contribution in [0.15, 0.2) is 29.8 Å². The first-order chi connectivity index (χ1) is 7.50. The molecule has 0 aromatic heterocycles. The molecule has 1 aromatic rings. The summed E-state index contributed by atoms with van der Waals surface area (Å²) in [5.74, 6) is -0.643. The minimum atomic E-state index is -1.01. The number of carboxylic acid groups (broad SMARTS) is 1. The van der Waals surface area contributed by atoms with Crippen LogP contribution in [0.3, 0.4) is 0 Å². The van der Waals surface area contributed by atoms with E-state index in [0.717, 1.165) is 6.08 Å². The van der Waals surface area contributed by atoms with E-state index in [9.17, 15) is 4.79 Å². The molecule has 0 atom stereocenters. The number of ether oxygens (including phenoxy) is 1. The second kappa shape index (κ2) is 5.77. The Kier molecular flexibility index (Phi) is 4.65. The minimum absolute atomic E-state index is 0.135. The minimum Gasteiger partial charge on any atom is -0.486 e. The van der Waals surface area contributed by atoms with Crippen LogP contribution < -0.4 is 4.74 Å². The van der Waals surface area contributed by atoms with Gasteiger partial charge < -0.3 is 9.84 Å². The predicted octanol–water partition coefficient (Wildman–Crippen LogP) is 3.40. The summed E-state index contributed by atoms with van der Waals surface area (Å²) in [6.07, 6.45) is 1.07. The molecular weight excluding hydrogens is 251 g/mol. The van der Waals surface area contributed by atoms with E-state index in [-0.39, 0.29) is 6.61 Å². The fraction of sp³-hybridized carbons (Fsp3) is 0.182. The van der Waals surface area contributed by atoms with Crippen molar-refractivity contribution in [2.45, 2.75) is 6.92 Å². The largest absolute Gasteiger partial charge is 0.486 e. The van der Waals surface area contributed by atoms with Crippen molar-refractivity contribution in [1.82, 2.24) is 0 Å². The van der Waals surface area contributed by atoms with E-state index in [0.29, 0.717) is 21.4 Å². The lowest BCUT2D eigenvalue weighted by atomic mass is 10.3. The molecule has 0 fully saturated rings. The van der Waals surface area contributed by atoms with Crippen molar-refractivity contribution < 1.29 is 14.6 Å². The molecule has 0 bridgehead atoms. The van der Waals surface area contributed by atoms with E-state index in [1.54, 1.807) is 25.1 Å². The Morgan fingerprint density at radius 1 is 1.44 bits per heavy atom. The molecule has 0 aliphatic heterocycles. The molecule has 0 amide bonds. The third-order valence-electron chi connectivity index (χ3n) is 1.73. The Hall–Kier alpha value is -1.19. The van der Waals surface area contributed by atoms with Crippen molar-refractivity contribution in [2.24, 2.45) is 0 Å². The van der Waals surface area contributed by atoms with E-state index < -0.39 is 5.97 Å². The van der Waals surface area contributed by atoms with Crippen molar-refractivity contribution >= 4 is 29.2 Å². The maximum Gasteiger partial charge on any atom is 0.328 e. The SMILES string of the molecule is C/C(=C\C(=O)O)COc1c(Cl)cccc1Cl. The molecule has 0 aliphatic carbocycles. The molecule has 1 rings (SSSR count). The Balaban J connectivity index is 2.72. The van der Waals surface area contributed by atoms with Crippen molar-refractivity contribution in [2.75, 3.05) is 6.61 Å². The van der Waals surface area contributed by atoms with Gasteiger partial charge in [0.2, 0.25) is 0 Å². The van der Waals surface area contributed by atoms with Crippen LogP contribution >= 0.6 is 23.2 Å². The molecule has 1 N–H and O–H groups in total. The third kappa shape index (κ3) is 3.76. The van der Waals surface area contributed by atoms with Crippen molar-refractivity contribution in [3.8, 4) is 5.75 Å². The topological polar surface area (TPSA) is 46.5 Å². The molecular formula is C11H10Cl2O3. The van der Waals surface area contributed by atoms with Crippen LogP contribution in [0.2, 0.25) is 10.0 Å². The molecule has 86 valence electrons. The second-order valence-corrected chi connectivity index (χ2v) is 3.98. The summed E-state index contributed by atoms with van der Waals surface area (Å²) in [6.45, 7) is 1.79. The normalized spacial score (nSPS) is 11.3. The average molecular weight is 261 g/mol. The summed E-state index contributed by atoms with van der Waals surface area (Å²) in [4.78, 5) is 10.4. The van der Waals surface area contributed by atoms with Gasteiger partial charge in [0.25, 0.3) is 0 Å². The highest BCUT2D eigenvalue weighted by atomic mass is 35.5. The smallest absolute Gasteiger partial charge is 0.328 e. The molecule has 3 nitrogen and oxygen atoms in total. The number of carboxylic acids is 1. The number of aliphatic carboxylic acids is 1. The van der Waals surface area contributed by atoms with Crippen LogP contribution in [0.5, 0.6) is 5.75 Å². The van der Waals surface area contributed by atoms with Gasteiger partial charge in [0.05, 0.1) is 10.0 Å². The Bertz CT molecular complexity index is 407. The highest BCUT2D eigenvalue weighted by molar-refractivity contribution is 6.37. The molecule has 16 heavy (non-hydrogen) atoms. The van der Waals surface area contributed by atoms with Crippen LogP contribution in [0.25, 0.3) is 0 Å². The van der Waals surface area contributed by atoms with Gasteiger partial charge in [-0.05, 0) is 24.6 Å². The van der Waals surface area contributed by atoms with Gasteiger partial charge in [0.15, 0.2) is 5.75 Å². The van der Waals surface area contributed by atoms with Crippen LogP contribution in [0.1, 0.15) is 6.92 Å². The number of hydrogen-bond acceptors (Lipinski definition) is 2. The molecule has 0 spiro atoms. The van der Waals surface area contributed by atoms with Gasteiger partial charge >= 0.3 is 5.97 Å². The van der Waals surface area contributed by atoms with Crippen molar-refractivity contribution in [3.63, 3.8) is 0 Å². The van der Waals surface area contributed by atoms with Gasteiger partial charge in [-0.2, -0.15) is 0 Å². The average Bonchev–Trinajstić information content (AvgIpc) is 2.15. The van der Waals surface area contributed by atoms with Crippen LogP contribution in [-0.2, 0) is 4.79 Å². The van der Waals surface area contributed by atoms with Gasteiger partial charge in [0, 0.05) is 6.08 Å². The van der Waals surface area contributed by atoms with E-state index in [1.807, 2.05) is 0 Å². The Labute approximate surface area is 103 Å². The molecule has 0 radical (unpaired) electrons. The number of para-hydroxylation sites is 1. The lowest BCUT2D eigenvalue weighted by molar-refractivity contribution is -0.131. The summed E-state index contributed by atoms with van der Waals surface area (Å²) in [5, 5.41) is 9.30. The molecule has 0 heterocycles. The lowest BCUT2D eigenvalue weighted by Crippen LogP contribution is -2.02. The van der Waals surface area contributed by atoms with Gasteiger partial charge in [-0.1, -0.05) is 29.3 Å². The predicted molar refractivity (Wildman–Crippen MR) is 63.3 cm³/mol. The van der Waals surface area contributed by atoms with Crippen LogP contribution in [-0.4, -0.2) is 17.7 Å². The van der Waals surface area contributed by atoms with Gasteiger partial charge in [0.1, 0.15) is 6.61 Å². The Morgan fingerprint density at radius 3 is 2.50 bits per heavy atom. The first-order valence-electron chi connectivity index (χ1n) is 4.47. The number of hydrogen-bond donors (Lipinski definition) is 1. The third-order valence-corrected chi connectivity index (χ3v) is 2.33. The highest BCUT2D eigenvalue weighted by Crippen LogP contribution is 2.32. The zero-order valence-electron chi connectivity index (χ0n) is 8.54. The quantitative estimate of drug-likeness (QED) is 0.845. The fourth-order valence-corrected chi connectivity index (χ4v) is 1.57. The monoisotopic (exact) mass is 260 g/mol. The number of benzene rings is 1. The Morgan fingerprint density at radius 2 is 2.00 bits per heavy atom. The molecule has 0 saturated heterocycles. The van der Waals surface area contributed by atoms with Gasteiger partial charge in [-0.15, -0.1) is 0 Å². The summed E-state index contributed by atoms with van der Waals surface area (Å²) in [5.41, 5.74) is 0.573. The molecule has 5 heteroatoms. The maximum absolute atomic E-state index is 10.4. The van der Waals surface area contributed by atoms with E-state index in [1.165, 1.54) is 0 Å². The summed E-state index contributed by atoms with van der Waals surface area (Å²) in [6, 6.07) is 5.01. The summed E-state index contributed by atoms with van der Waals surface area (Å²) >= 11 is 11.7. The number of carbonyl (C=O) groups is 1. The second-order valence-electron chi connectivity index (χ2n) is 3.17. The summed E-state index contributed by atoms with van der Waals surface area (Å²) < 4.78 is 5.33. The fourth-order valence-electron chi connectivity index (χ4n) is 1.06. The molecule has 0 aliphatic rings. The van der Waals surface area contributed by atoms with Gasteiger partial charge in [-0.3, -0.25) is 0 Å². The zero-order valence-corrected chi connectivity index (χ0v) is 10.0. The van der Waals surface area contributed by atoms with Gasteiger partial charge in [-0.25, -0.2) is 4.79 Å². The lowest BCUT2D eigenvalue weighted by Gasteiger charge is -2.09. The van der Waals surface area contributed by atoms with Crippen LogP contribution in [0.4, 0.5) is 0 Å². The van der Waals surface area contributed by atoms with Crippen molar-refractivity contribution in [3.05, 3.63) is 39.9 Å². The molecule has 1 aromatic carbocycles. The van der Waals surface area contributed by atoms with Crippen LogP contribution in [0, 0.1) is 0 Å². The number of rotatable bonds is 4. The molecule has 0 saturated carbocycles. The standard InChI is InChI=1S/C11H10Cl2O3/c1-7(5-10(14)15)6-16-11-8(12)3-2-4-9(11)13/h2-5H,6H2,1H3,(H,14,15)/b7-5+. The zero-order chi connectivity index (χ0) is 12.1. The number of halogens is 2. The van der Waals surface area contributed by atoms with E-state index >= 15 is 0 Å². The summed E-state index contributed by atoms with van der Waals surface area (Å²) in [7, 11) is 0. The maximum atomic E-state index is 10.4. The van der Waals surface area contributed by atoms with E-state index in [2.05, 4.69) is 0 Å². The van der Waals surface area contributed by atoms with E-state index in [4.69, 9.17) is 33.0 Å². The first kappa shape index (κ1) is 12.9. The molecule has 0 unspecified atom stereocenters. The highest BCUT2D eigenvalue weighted by Gasteiger charge is 2.06. The van der Waals surface area contributed by atoms with Crippen molar-refractivity contribution in [1.29, 1.82) is 0 Å². The first-order valence-corrected chi connectivity index (χ1v) is 5.23.